The first kappa shape index (κ1) is 16.5. The van der Waals surface area contributed by atoms with Crippen molar-refractivity contribution in [3.63, 3.8) is 0 Å². The van der Waals surface area contributed by atoms with Crippen LogP contribution in [-0.4, -0.2) is 36.7 Å². The lowest BCUT2D eigenvalue weighted by Crippen LogP contribution is -2.30. The predicted octanol–water partition coefficient (Wildman–Crippen LogP) is 1.60. The summed E-state index contributed by atoms with van der Waals surface area (Å²) in [6.45, 7) is -0.839. The van der Waals surface area contributed by atoms with Gasteiger partial charge >= 0.3 is 5.69 Å². The molecule has 0 spiro atoms. The highest BCUT2D eigenvalue weighted by molar-refractivity contribution is 9.10. The number of nitro benzene ring substituents is 1. The van der Waals surface area contributed by atoms with Gasteiger partial charge in [0.2, 0.25) is 5.82 Å². The zero-order valence-electron chi connectivity index (χ0n) is 10.7. The minimum absolute atomic E-state index is 0.0974. The van der Waals surface area contributed by atoms with Crippen LogP contribution in [0.2, 0.25) is 0 Å². The number of carbonyl (C=O) groups is 1. The number of likely N-dealkylation sites (N-methyl/N-ethyl adjacent to an activating group) is 1. The Morgan fingerprint density at radius 3 is 2.70 bits per heavy atom. The van der Waals surface area contributed by atoms with Crippen LogP contribution in [0.5, 0.6) is 0 Å². The molecule has 0 fully saturated rings. The van der Waals surface area contributed by atoms with Crippen LogP contribution in [0.4, 0.5) is 15.8 Å². The lowest BCUT2D eigenvalue weighted by Gasteiger charge is -2.18. The minimum atomic E-state index is -1.14. The normalized spacial score (nSPS) is 10.4. The highest BCUT2D eigenvalue weighted by Crippen LogP contribution is 2.37. The highest BCUT2D eigenvalue weighted by atomic mass is 79.9. The van der Waals surface area contributed by atoms with E-state index < -0.39 is 28.9 Å². The lowest BCUT2D eigenvalue weighted by molar-refractivity contribution is -0.386. The molecule has 0 aromatic heterocycles. The molecular weight excluding hydrogens is 339 g/mol. The number of methoxy groups -OCH3 is 1. The average molecular weight is 351 g/mol. The Bertz CT molecular complexity index is 552. The Kier molecular flexibility index (Phi) is 5.54. The third-order valence-corrected chi connectivity index (χ3v) is 3.45. The molecule has 7 nitrogen and oxygen atoms in total. The van der Waals surface area contributed by atoms with E-state index in [-0.39, 0.29) is 22.3 Å². The summed E-state index contributed by atoms with van der Waals surface area (Å²) in [6, 6.07) is 1.18. The maximum Gasteiger partial charge on any atom is 0.329 e. The first-order valence-electron chi connectivity index (χ1n) is 5.36. The van der Waals surface area contributed by atoms with Gasteiger partial charge in [-0.15, -0.1) is 0 Å². The SMILES string of the molecule is COCC(=O)N(C)c1cc(CO)c(Br)c(F)c1[N+](=O)[O-]. The van der Waals surface area contributed by atoms with Crippen molar-refractivity contribution < 1.29 is 24.0 Å². The molecule has 1 N–H and O–H groups in total. The number of halogens is 2. The molecule has 0 saturated carbocycles. The Hall–Kier alpha value is -1.58. The predicted molar refractivity (Wildman–Crippen MR) is 72.0 cm³/mol. The van der Waals surface area contributed by atoms with E-state index in [1.54, 1.807) is 0 Å². The van der Waals surface area contributed by atoms with E-state index in [2.05, 4.69) is 20.7 Å². The van der Waals surface area contributed by atoms with Gasteiger partial charge in [-0.05, 0) is 27.6 Å². The molecule has 1 amide bonds. The number of nitrogens with zero attached hydrogens (tertiary/aromatic N) is 2. The molecule has 0 aliphatic rings. The summed E-state index contributed by atoms with van der Waals surface area (Å²) in [5.74, 6) is -1.73. The number of carbonyl (C=O) groups excluding carboxylic acids is 1. The fourth-order valence-electron chi connectivity index (χ4n) is 1.55. The number of nitro groups is 1. The van der Waals surface area contributed by atoms with Crippen LogP contribution in [0.15, 0.2) is 10.5 Å². The second kappa shape index (κ2) is 6.73. The van der Waals surface area contributed by atoms with Gasteiger partial charge in [0.25, 0.3) is 5.91 Å². The largest absolute Gasteiger partial charge is 0.392 e. The molecule has 0 radical (unpaired) electrons. The zero-order valence-corrected chi connectivity index (χ0v) is 12.3. The van der Waals surface area contributed by atoms with Gasteiger partial charge in [-0.1, -0.05) is 0 Å². The van der Waals surface area contributed by atoms with E-state index >= 15 is 0 Å². The van der Waals surface area contributed by atoms with E-state index in [0.717, 1.165) is 4.90 Å². The van der Waals surface area contributed by atoms with Crippen molar-refractivity contribution in [3.05, 3.63) is 32.0 Å². The van der Waals surface area contributed by atoms with Gasteiger partial charge in [0, 0.05) is 14.2 Å². The molecular formula is C11H12BrFN2O5. The van der Waals surface area contributed by atoms with Gasteiger partial charge in [-0.25, -0.2) is 0 Å². The molecule has 20 heavy (non-hydrogen) atoms. The Labute approximate surface area is 122 Å². The minimum Gasteiger partial charge on any atom is -0.392 e. The lowest BCUT2D eigenvalue weighted by atomic mass is 10.1. The molecule has 9 heteroatoms. The number of benzene rings is 1. The summed E-state index contributed by atoms with van der Waals surface area (Å²) < 4.78 is 18.4. The van der Waals surface area contributed by atoms with Gasteiger partial charge in [0.15, 0.2) is 0 Å². The van der Waals surface area contributed by atoms with E-state index in [1.807, 2.05) is 0 Å². The number of anilines is 1. The molecule has 0 aliphatic heterocycles. The van der Waals surface area contributed by atoms with Crippen molar-refractivity contribution in [3.8, 4) is 0 Å². The van der Waals surface area contributed by atoms with Crippen molar-refractivity contribution in [2.45, 2.75) is 6.61 Å². The van der Waals surface area contributed by atoms with Crippen molar-refractivity contribution in [1.29, 1.82) is 0 Å². The monoisotopic (exact) mass is 350 g/mol. The van der Waals surface area contributed by atoms with Crippen LogP contribution < -0.4 is 4.90 Å². The van der Waals surface area contributed by atoms with E-state index in [9.17, 15) is 19.3 Å². The fourth-order valence-corrected chi connectivity index (χ4v) is 1.98. The summed E-state index contributed by atoms with van der Waals surface area (Å²) in [6.07, 6.45) is 0. The summed E-state index contributed by atoms with van der Waals surface area (Å²) in [5.41, 5.74) is -0.997. The Morgan fingerprint density at radius 1 is 1.65 bits per heavy atom. The van der Waals surface area contributed by atoms with E-state index in [0.29, 0.717) is 0 Å². The smallest absolute Gasteiger partial charge is 0.329 e. The van der Waals surface area contributed by atoms with Crippen LogP contribution in [-0.2, 0) is 16.1 Å². The molecule has 0 bridgehead atoms. The molecule has 110 valence electrons. The van der Waals surface area contributed by atoms with Crippen LogP contribution in [0, 0.1) is 15.9 Å². The second-order valence-electron chi connectivity index (χ2n) is 3.83. The van der Waals surface area contributed by atoms with Gasteiger partial charge in [-0.2, -0.15) is 4.39 Å². The number of aliphatic hydroxyl groups is 1. The number of hydrogen-bond acceptors (Lipinski definition) is 5. The topological polar surface area (TPSA) is 92.9 Å². The van der Waals surface area contributed by atoms with Crippen molar-refractivity contribution in [2.75, 3.05) is 25.7 Å². The van der Waals surface area contributed by atoms with E-state index in [4.69, 9.17) is 5.11 Å². The first-order chi connectivity index (χ1) is 9.34. The maximum absolute atomic E-state index is 14.0. The number of hydrogen-bond donors (Lipinski definition) is 1. The first-order valence-corrected chi connectivity index (χ1v) is 6.16. The van der Waals surface area contributed by atoms with Crippen LogP contribution in [0.25, 0.3) is 0 Å². The summed E-state index contributed by atoms with van der Waals surface area (Å²) in [5, 5.41) is 20.1. The zero-order chi connectivity index (χ0) is 15.4. The molecule has 0 aliphatic carbocycles. The summed E-state index contributed by atoms with van der Waals surface area (Å²) >= 11 is 2.84. The van der Waals surface area contributed by atoms with Crippen molar-refractivity contribution in [1.82, 2.24) is 0 Å². The van der Waals surface area contributed by atoms with Gasteiger partial charge < -0.3 is 14.7 Å². The third kappa shape index (κ3) is 3.11. The van der Waals surface area contributed by atoms with Crippen LogP contribution >= 0.6 is 15.9 Å². The summed E-state index contributed by atoms with van der Waals surface area (Å²) in [4.78, 5) is 22.7. The van der Waals surface area contributed by atoms with Crippen molar-refractivity contribution in [2.24, 2.45) is 0 Å². The van der Waals surface area contributed by atoms with E-state index in [1.165, 1.54) is 20.2 Å². The standard InChI is InChI=1S/C11H12BrFN2O5/c1-14(8(17)5-20-2)7-3-6(4-16)9(12)10(13)11(7)15(18)19/h3,16H,4-5H2,1-2H3. The summed E-state index contributed by atoms with van der Waals surface area (Å²) in [7, 11) is 2.56. The molecule has 0 saturated heterocycles. The van der Waals surface area contributed by atoms with Crippen LogP contribution in [0.3, 0.4) is 0 Å². The molecule has 0 heterocycles. The Morgan fingerprint density at radius 2 is 2.25 bits per heavy atom. The quantitative estimate of drug-likeness (QED) is 0.643. The molecule has 1 rings (SSSR count). The van der Waals surface area contributed by atoms with Crippen molar-refractivity contribution >= 4 is 33.2 Å². The maximum atomic E-state index is 14.0. The molecule has 0 atom stereocenters. The number of ether oxygens (including phenoxy) is 1. The number of amides is 1. The fraction of sp³-hybridized carbons (Fsp3) is 0.364. The average Bonchev–Trinajstić information content (AvgIpc) is 2.40. The number of aliphatic hydroxyl groups excluding tert-OH is 1. The van der Waals surface area contributed by atoms with Gasteiger partial charge in [0.1, 0.15) is 12.3 Å². The van der Waals surface area contributed by atoms with Crippen LogP contribution in [0.1, 0.15) is 5.56 Å². The molecule has 1 aromatic rings. The van der Waals surface area contributed by atoms with Gasteiger partial charge in [0.05, 0.1) is 16.0 Å². The number of rotatable bonds is 5. The second-order valence-corrected chi connectivity index (χ2v) is 4.63. The molecule has 0 unspecified atom stereocenters. The molecule has 1 aromatic carbocycles. The highest BCUT2D eigenvalue weighted by Gasteiger charge is 2.29. The van der Waals surface area contributed by atoms with Gasteiger partial charge in [-0.3, -0.25) is 14.9 Å². The Balaban J connectivity index is 3.47. The third-order valence-electron chi connectivity index (χ3n) is 2.59.